The number of carbonyl (C=O) groups excluding carboxylic acids is 1. The standard InChI is InChI=1S/C19H24F2N6O2/c20-13-9-27(10-14(13)21)19(28)15-7-12(8-23-15)25-3-5-26(6-4-25)16-1-2-22-18-17(16)24-11-29-18/h1-2,11-15,23H,3-10H2/t12-,13-,14+,15-/m0/s1. The molecule has 0 saturated carbocycles. The second-order valence-corrected chi connectivity index (χ2v) is 7.98. The third kappa shape index (κ3) is 3.44. The molecule has 4 atom stereocenters. The lowest BCUT2D eigenvalue weighted by molar-refractivity contribution is -0.132. The van der Waals surface area contributed by atoms with Gasteiger partial charge in [0.25, 0.3) is 0 Å². The number of nitrogens with zero attached hydrogens (tertiary/aromatic N) is 5. The molecule has 5 rings (SSSR count). The molecule has 156 valence electrons. The number of likely N-dealkylation sites (tertiary alicyclic amines) is 1. The molecule has 2 aromatic heterocycles. The number of hydrogen-bond donors (Lipinski definition) is 1. The fourth-order valence-corrected chi connectivity index (χ4v) is 4.65. The van der Waals surface area contributed by atoms with Crippen LogP contribution in [0.3, 0.4) is 0 Å². The first-order valence-corrected chi connectivity index (χ1v) is 10.1. The van der Waals surface area contributed by atoms with Crippen molar-refractivity contribution >= 4 is 22.8 Å². The minimum Gasteiger partial charge on any atom is -0.425 e. The lowest BCUT2D eigenvalue weighted by Gasteiger charge is -2.38. The van der Waals surface area contributed by atoms with Crippen LogP contribution in [0.1, 0.15) is 6.42 Å². The maximum Gasteiger partial charge on any atom is 0.248 e. The zero-order chi connectivity index (χ0) is 20.0. The minimum atomic E-state index is -1.56. The fraction of sp³-hybridized carbons (Fsp3) is 0.632. The number of amides is 1. The SMILES string of the molecule is O=C([C@@H]1C[C@H](N2CCN(c3ccnc4ocnc34)CC2)CN1)N1C[C@@H](F)[C@@H](F)C1. The van der Waals surface area contributed by atoms with Crippen LogP contribution in [0.4, 0.5) is 14.5 Å². The van der Waals surface area contributed by atoms with Crippen LogP contribution in [0.15, 0.2) is 23.1 Å². The average molecular weight is 406 g/mol. The van der Waals surface area contributed by atoms with Crippen LogP contribution >= 0.6 is 0 Å². The molecule has 3 fully saturated rings. The molecule has 10 heteroatoms. The number of halogens is 2. The van der Waals surface area contributed by atoms with Gasteiger partial charge in [0.05, 0.1) is 24.8 Å². The van der Waals surface area contributed by atoms with Gasteiger partial charge in [-0.1, -0.05) is 0 Å². The molecule has 0 aliphatic carbocycles. The predicted octanol–water partition coefficient (Wildman–Crippen LogP) is 0.594. The normalized spacial score (nSPS) is 31.1. The number of hydrogen-bond acceptors (Lipinski definition) is 7. The summed E-state index contributed by atoms with van der Waals surface area (Å²) in [5, 5.41) is 3.25. The Hall–Kier alpha value is -2.33. The lowest BCUT2D eigenvalue weighted by atomic mass is 10.1. The number of pyridine rings is 1. The maximum absolute atomic E-state index is 13.4. The van der Waals surface area contributed by atoms with E-state index in [-0.39, 0.29) is 31.1 Å². The second-order valence-electron chi connectivity index (χ2n) is 7.98. The van der Waals surface area contributed by atoms with Crippen molar-refractivity contribution in [2.45, 2.75) is 30.8 Å². The fourth-order valence-electron chi connectivity index (χ4n) is 4.65. The summed E-state index contributed by atoms with van der Waals surface area (Å²) in [5.74, 6) is -0.181. The van der Waals surface area contributed by atoms with E-state index in [1.165, 1.54) is 11.3 Å². The summed E-state index contributed by atoms with van der Waals surface area (Å²) in [4.78, 5) is 27.0. The number of piperazine rings is 1. The van der Waals surface area contributed by atoms with Gasteiger partial charge in [0, 0.05) is 45.0 Å². The number of anilines is 1. The van der Waals surface area contributed by atoms with Gasteiger partial charge in [-0.05, 0) is 12.5 Å². The molecule has 5 heterocycles. The van der Waals surface area contributed by atoms with Gasteiger partial charge >= 0.3 is 0 Å². The molecule has 0 spiro atoms. The van der Waals surface area contributed by atoms with E-state index in [4.69, 9.17) is 4.42 Å². The molecule has 2 aromatic rings. The average Bonchev–Trinajstić information content (AvgIpc) is 3.48. The van der Waals surface area contributed by atoms with Gasteiger partial charge in [0.15, 0.2) is 24.3 Å². The summed E-state index contributed by atoms with van der Waals surface area (Å²) in [6.45, 7) is 3.88. The molecule has 0 aromatic carbocycles. The summed E-state index contributed by atoms with van der Waals surface area (Å²) in [6.07, 6.45) is 0.693. The first-order valence-electron chi connectivity index (χ1n) is 10.1. The number of oxazole rings is 1. The summed E-state index contributed by atoms with van der Waals surface area (Å²) in [7, 11) is 0. The van der Waals surface area contributed by atoms with Crippen molar-refractivity contribution in [2.75, 3.05) is 50.7 Å². The smallest absolute Gasteiger partial charge is 0.248 e. The van der Waals surface area contributed by atoms with E-state index in [1.54, 1.807) is 6.20 Å². The van der Waals surface area contributed by atoms with E-state index in [0.29, 0.717) is 18.7 Å². The van der Waals surface area contributed by atoms with E-state index in [2.05, 4.69) is 25.1 Å². The van der Waals surface area contributed by atoms with Crippen molar-refractivity contribution in [3.05, 3.63) is 18.7 Å². The van der Waals surface area contributed by atoms with Crippen LogP contribution in [0.2, 0.25) is 0 Å². The summed E-state index contributed by atoms with van der Waals surface area (Å²) < 4.78 is 32.1. The predicted molar refractivity (Wildman–Crippen MR) is 102 cm³/mol. The van der Waals surface area contributed by atoms with Crippen molar-refractivity contribution in [2.24, 2.45) is 0 Å². The number of carbonyl (C=O) groups is 1. The quantitative estimate of drug-likeness (QED) is 0.800. The van der Waals surface area contributed by atoms with Crippen LogP contribution in [-0.4, -0.2) is 95.9 Å². The van der Waals surface area contributed by atoms with Crippen molar-refractivity contribution in [3.63, 3.8) is 0 Å². The first-order chi connectivity index (χ1) is 14.1. The Balaban J connectivity index is 1.17. The van der Waals surface area contributed by atoms with Crippen molar-refractivity contribution in [3.8, 4) is 0 Å². The highest BCUT2D eigenvalue weighted by atomic mass is 19.2. The zero-order valence-electron chi connectivity index (χ0n) is 16.0. The molecule has 3 saturated heterocycles. The highest BCUT2D eigenvalue weighted by molar-refractivity contribution is 5.84. The van der Waals surface area contributed by atoms with Gasteiger partial charge in [0.1, 0.15) is 0 Å². The Morgan fingerprint density at radius 1 is 1.14 bits per heavy atom. The molecule has 0 unspecified atom stereocenters. The molecule has 3 aliphatic heterocycles. The van der Waals surface area contributed by atoms with E-state index in [9.17, 15) is 13.6 Å². The molecular weight excluding hydrogens is 382 g/mol. The van der Waals surface area contributed by atoms with Gasteiger partial charge in [-0.15, -0.1) is 0 Å². The highest BCUT2D eigenvalue weighted by Crippen LogP contribution is 2.26. The second kappa shape index (κ2) is 7.49. The maximum atomic E-state index is 13.4. The van der Waals surface area contributed by atoms with E-state index in [0.717, 1.165) is 37.4 Å². The highest BCUT2D eigenvalue weighted by Gasteiger charge is 2.41. The third-order valence-electron chi connectivity index (χ3n) is 6.29. The van der Waals surface area contributed by atoms with E-state index < -0.39 is 12.3 Å². The molecule has 3 aliphatic rings. The Labute approximate surface area is 166 Å². The van der Waals surface area contributed by atoms with Gasteiger partial charge in [-0.25, -0.2) is 18.7 Å². The van der Waals surface area contributed by atoms with Gasteiger partial charge in [-0.3, -0.25) is 9.69 Å². The van der Waals surface area contributed by atoms with Crippen LogP contribution in [0, 0.1) is 0 Å². The van der Waals surface area contributed by atoms with Crippen LogP contribution < -0.4 is 10.2 Å². The van der Waals surface area contributed by atoms with Gasteiger partial charge < -0.3 is 19.5 Å². The molecule has 29 heavy (non-hydrogen) atoms. The third-order valence-corrected chi connectivity index (χ3v) is 6.29. The monoisotopic (exact) mass is 406 g/mol. The summed E-state index contributed by atoms with van der Waals surface area (Å²) in [6, 6.07) is 1.85. The summed E-state index contributed by atoms with van der Waals surface area (Å²) >= 11 is 0. The molecule has 0 radical (unpaired) electrons. The molecule has 8 nitrogen and oxygen atoms in total. The van der Waals surface area contributed by atoms with E-state index >= 15 is 0 Å². The molecular formula is C19H24F2N6O2. The Bertz CT molecular complexity index is 876. The number of nitrogens with one attached hydrogen (secondary N) is 1. The van der Waals surface area contributed by atoms with Crippen molar-refractivity contribution in [1.82, 2.24) is 25.1 Å². The molecule has 0 bridgehead atoms. The first kappa shape index (κ1) is 18.7. The Kier molecular flexibility index (Phi) is 4.83. The summed E-state index contributed by atoms with van der Waals surface area (Å²) in [5.41, 5.74) is 2.34. The number of fused-ring (bicyclic) bond motifs is 1. The van der Waals surface area contributed by atoms with Crippen LogP contribution in [0.5, 0.6) is 0 Å². The Morgan fingerprint density at radius 3 is 2.66 bits per heavy atom. The largest absolute Gasteiger partial charge is 0.425 e. The Morgan fingerprint density at radius 2 is 1.90 bits per heavy atom. The van der Waals surface area contributed by atoms with Crippen LogP contribution in [0.25, 0.3) is 11.2 Å². The van der Waals surface area contributed by atoms with Gasteiger partial charge in [-0.2, -0.15) is 0 Å². The minimum absolute atomic E-state index is 0.135. The topological polar surface area (TPSA) is 77.7 Å². The molecule has 1 N–H and O–H groups in total. The van der Waals surface area contributed by atoms with E-state index in [1.807, 2.05) is 6.07 Å². The van der Waals surface area contributed by atoms with Gasteiger partial charge in [0.2, 0.25) is 11.6 Å². The lowest BCUT2D eigenvalue weighted by Crippen LogP contribution is -2.51. The van der Waals surface area contributed by atoms with Crippen molar-refractivity contribution < 1.29 is 18.0 Å². The number of rotatable bonds is 3. The van der Waals surface area contributed by atoms with Crippen molar-refractivity contribution in [1.29, 1.82) is 0 Å². The molecule has 1 amide bonds. The number of aromatic nitrogens is 2. The number of alkyl halides is 2. The van der Waals surface area contributed by atoms with Crippen LogP contribution in [-0.2, 0) is 4.79 Å². The zero-order valence-corrected chi connectivity index (χ0v) is 16.0.